The van der Waals surface area contributed by atoms with Crippen molar-refractivity contribution in [3.63, 3.8) is 0 Å². The third-order valence-corrected chi connectivity index (χ3v) is 3.37. The molecule has 0 radical (unpaired) electrons. The van der Waals surface area contributed by atoms with Crippen molar-refractivity contribution in [3.8, 4) is 5.75 Å². The average molecular weight is 356 g/mol. The summed E-state index contributed by atoms with van der Waals surface area (Å²) in [7, 11) is -4.02. The minimum absolute atomic E-state index is 0.0666. The monoisotopic (exact) mass is 356 g/mol. The van der Waals surface area contributed by atoms with Crippen molar-refractivity contribution in [1.29, 1.82) is 0 Å². The van der Waals surface area contributed by atoms with Crippen molar-refractivity contribution in [2.75, 3.05) is 0 Å². The molecule has 0 fully saturated rings. The van der Waals surface area contributed by atoms with Crippen LogP contribution in [0.1, 0.15) is 5.56 Å². The highest BCUT2D eigenvalue weighted by Gasteiger charge is 2.24. The largest absolute Gasteiger partial charge is 0.503 e. The van der Waals surface area contributed by atoms with E-state index in [-0.39, 0.29) is 4.90 Å². The highest BCUT2D eigenvalue weighted by molar-refractivity contribution is 7.85. The van der Waals surface area contributed by atoms with Crippen LogP contribution in [0.25, 0.3) is 0 Å². The third-order valence-electron chi connectivity index (χ3n) is 2.51. The maximum atomic E-state index is 12.2. The fourth-order valence-electron chi connectivity index (χ4n) is 1.30. The first kappa shape index (κ1) is 18.8. The van der Waals surface area contributed by atoms with Gasteiger partial charge in [0.25, 0.3) is 10.1 Å². The molecule has 0 aliphatic heterocycles. The summed E-state index contributed by atoms with van der Waals surface area (Å²) in [6.07, 6.45) is 0. The van der Waals surface area contributed by atoms with Crippen molar-refractivity contribution in [3.05, 3.63) is 58.9 Å². The lowest BCUT2D eigenvalue weighted by molar-refractivity contribution is 0.325. The number of aryl methyl sites for hydroxylation is 1. The Labute approximate surface area is 127 Å². The first-order valence-corrected chi connectivity index (χ1v) is 7.15. The summed E-state index contributed by atoms with van der Waals surface area (Å²) in [4.78, 5) is -0.0666. The van der Waals surface area contributed by atoms with Crippen LogP contribution in [0.4, 0.5) is 22.0 Å². The molecule has 0 atom stereocenters. The summed E-state index contributed by atoms with van der Waals surface area (Å²) >= 11 is 0. The van der Waals surface area contributed by atoms with Crippen LogP contribution < -0.4 is 0 Å². The van der Waals surface area contributed by atoms with Gasteiger partial charge in [0.2, 0.25) is 29.1 Å². The van der Waals surface area contributed by atoms with Gasteiger partial charge in [-0.2, -0.15) is 17.2 Å². The fraction of sp³-hybridized carbons (Fsp3) is 0.0769. The van der Waals surface area contributed by atoms with Crippen LogP contribution in [0, 0.1) is 36.0 Å². The molecule has 0 amide bonds. The summed E-state index contributed by atoms with van der Waals surface area (Å²) in [5.41, 5.74) is 0.956. The van der Waals surface area contributed by atoms with Gasteiger partial charge in [0, 0.05) is 0 Å². The zero-order valence-electron chi connectivity index (χ0n) is 11.3. The van der Waals surface area contributed by atoms with Crippen molar-refractivity contribution in [2.45, 2.75) is 11.8 Å². The molecule has 2 aromatic carbocycles. The van der Waals surface area contributed by atoms with Gasteiger partial charge in [-0.25, -0.2) is 13.2 Å². The molecule has 0 aromatic heterocycles. The van der Waals surface area contributed by atoms with Crippen LogP contribution in [0.3, 0.4) is 0 Å². The molecular weight excluding hydrogens is 347 g/mol. The number of hydrogen-bond acceptors (Lipinski definition) is 3. The van der Waals surface area contributed by atoms with Crippen LogP contribution in [0.15, 0.2) is 29.2 Å². The number of phenols is 1. The smallest absolute Gasteiger partial charge is 0.294 e. The first-order valence-electron chi connectivity index (χ1n) is 5.71. The third kappa shape index (κ3) is 4.39. The molecule has 2 aromatic rings. The first-order chi connectivity index (χ1) is 10.5. The maximum absolute atomic E-state index is 12.2. The van der Waals surface area contributed by atoms with Gasteiger partial charge in [-0.15, -0.1) is 0 Å². The van der Waals surface area contributed by atoms with E-state index < -0.39 is 45.0 Å². The predicted octanol–water partition coefficient (Wildman–Crippen LogP) is 3.33. The van der Waals surface area contributed by atoms with Gasteiger partial charge in [-0.1, -0.05) is 17.7 Å². The molecule has 126 valence electrons. The molecule has 0 heterocycles. The molecule has 0 saturated carbocycles. The molecule has 10 heteroatoms. The lowest BCUT2D eigenvalue weighted by Gasteiger charge is -2.00. The lowest BCUT2D eigenvalue weighted by atomic mass is 10.2. The molecule has 23 heavy (non-hydrogen) atoms. The van der Waals surface area contributed by atoms with E-state index in [9.17, 15) is 30.4 Å². The van der Waals surface area contributed by atoms with E-state index in [1.165, 1.54) is 12.1 Å². The van der Waals surface area contributed by atoms with Crippen molar-refractivity contribution < 1.29 is 40.0 Å². The van der Waals surface area contributed by atoms with Crippen LogP contribution in [0.5, 0.6) is 5.75 Å². The number of halogens is 5. The highest BCUT2D eigenvalue weighted by atomic mass is 32.2. The fourth-order valence-corrected chi connectivity index (χ4v) is 1.78. The van der Waals surface area contributed by atoms with E-state index in [4.69, 9.17) is 9.66 Å². The number of rotatable bonds is 1. The molecule has 0 spiro atoms. The summed E-state index contributed by atoms with van der Waals surface area (Å²) in [5.74, 6) is -12.9. The average Bonchev–Trinajstić information content (AvgIpc) is 2.49. The van der Waals surface area contributed by atoms with Gasteiger partial charge in [-0.05, 0) is 19.1 Å². The minimum Gasteiger partial charge on any atom is -0.503 e. The van der Waals surface area contributed by atoms with Crippen LogP contribution >= 0.6 is 0 Å². The Balaban J connectivity index is 0.000000231. The number of phenolic OH excluding ortho intramolecular Hbond substituents is 1. The molecule has 0 unspecified atom stereocenters. The second kappa shape index (κ2) is 6.92. The summed E-state index contributed by atoms with van der Waals surface area (Å²) in [6.45, 7) is 1.84. The molecule has 4 nitrogen and oxygen atoms in total. The van der Waals surface area contributed by atoms with E-state index in [0.717, 1.165) is 5.56 Å². The Hall–Kier alpha value is -2.20. The Morgan fingerprint density at radius 2 is 1.13 bits per heavy atom. The minimum atomic E-state index is -4.02. The highest BCUT2D eigenvalue weighted by Crippen LogP contribution is 2.27. The summed E-state index contributed by atoms with van der Waals surface area (Å²) in [6, 6.07) is 5.99. The van der Waals surface area contributed by atoms with Crippen molar-refractivity contribution in [1.82, 2.24) is 0 Å². The maximum Gasteiger partial charge on any atom is 0.294 e. The van der Waals surface area contributed by atoms with Crippen LogP contribution in [-0.4, -0.2) is 18.1 Å². The second-order valence-corrected chi connectivity index (χ2v) is 5.63. The summed E-state index contributed by atoms with van der Waals surface area (Å²) < 4.78 is 90.2. The van der Waals surface area contributed by atoms with Gasteiger partial charge in [0.15, 0.2) is 5.75 Å². The normalized spacial score (nSPS) is 10.9. The van der Waals surface area contributed by atoms with E-state index in [1.54, 1.807) is 12.1 Å². The van der Waals surface area contributed by atoms with E-state index in [1.807, 2.05) is 6.92 Å². The van der Waals surface area contributed by atoms with E-state index >= 15 is 0 Å². The van der Waals surface area contributed by atoms with Gasteiger partial charge in [0.1, 0.15) is 0 Å². The Morgan fingerprint density at radius 3 is 1.48 bits per heavy atom. The Kier molecular flexibility index (Phi) is 5.67. The zero-order valence-corrected chi connectivity index (χ0v) is 12.1. The Bertz CT molecular complexity index is 714. The lowest BCUT2D eigenvalue weighted by Crippen LogP contribution is -2.00. The summed E-state index contributed by atoms with van der Waals surface area (Å²) in [5, 5.41) is 8.30. The zero-order chi connectivity index (χ0) is 17.9. The number of aromatic hydroxyl groups is 1. The second-order valence-electron chi connectivity index (χ2n) is 4.21. The molecule has 0 saturated heterocycles. The Morgan fingerprint density at radius 1 is 0.783 bits per heavy atom. The predicted molar refractivity (Wildman–Crippen MR) is 68.9 cm³/mol. The molecule has 2 N–H and O–H groups in total. The quantitative estimate of drug-likeness (QED) is 0.356. The topological polar surface area (TPSA) is 74.6 Å². The van der Waals surface area contributed by atoms with Gasteiger partial charge < -0.3 is 5.11 Å². The van der Waals surface area contributed by atoms with Gasteiger partial charge in [-0.3, -0.25) is 4.55 Å². The van der Waals surface area contributed by atoms with Gasteiger partial charge in [0.05, 0.1) is 4.90 Å². The molecule has 2 rings (SSSR count). The van der Waals surface area contributed by atoms with E-state index in [2.05, 4.69) is 0 Å². The number of benzene rings is 2. The van der Waals surface area contributed by atoms with Crippen LogP contribution in [-0.2, 0) is 10.1 Å². The molecule has 0 bridgehead atoms. The number of hydrogen-bond donors (Lipinski definition) is 2. The van der Waals surface area contributed by atoms with Crippen molar-refractivity contribution >= 4 is 10.1 Å². The standard InChI is InChI=1S/C7H8O3S.C6HF5O/c1-6-2-4-7(5-3-6)11(8,9)10;7-1-2(8)4(10)6(12)5(11)3(1)9/h2-5H,1H3,(H,8,9,10);12H. The van der Waals surface area contributed by atoms with E-state index in [0.29, 0.717) is 0 Å². The van der Waals surface area contributed by atoms with Gasteiger partial charge >= 0.3 is 0 Å². The SMILES string of the molecule is Cc1ccc(S(=O)(=O)O)cc1.Oc1c(F)c(F)c(F)c(F)c1F. The molecule has 0 aliphatic carbocycles. The van der Waals surface area contributed by atoms with Crippen molar-refractivity contribution in [2.24, 2.45) is 0 Å². The van der Waals surface area contributed by atoms with Crippen LogP contribution in [0.2, 0.25) is 0 Å². The molecule has 0 aliphatic rings. The molecular formula is C13H9F5O4S.